The minimum absolute atomic E-state index is 0.0788. The Morgan fingerprint density at radius 3 is 2.38 bits per heavy atom. The molecular formula is C23H27BrClN3O4. The number of halogens is 2. The lowest BCUT2D eigenvalue weighted by atomic mass is 10.0. The van der Waals surface area contributed by atoms with Gasteiger partial charge < -0.3 is 21.1 Å². The first-order valence-electron chi connectivity index (χ1n) is 10.2. The van der Waals surface area contributed by atoms with Gasteiger partial charge in [-0.05, 0) is 41.7 Å². The summed E-state index contributed by atoms with van der Waals surface area (Å²) in [7, 11) is 0. The molecule has 0 spiro atoms. The van der Waals surface area contributed by atoms with Crippen LogP contribution in [0, 0.1) is 5.92 Å². The van der Waals surface area contributed by atoms with E-state index in [1.807, 2.05) is 44.2 Å². The molecule has 0 aliphatic heterocycles. The predicted molar refractivity (Wildman–Crippen MR) is 127 cm³/mol. The molecule has 4 N–H and O–H groups in total. The van der Waals surface area contributed by atoms with Crippen molar-refractivity contribution in [3.8, 4) is 0 Å². The summed E-state index contributed by atoms with van der Waals surface area (Å²) in [6.45, 7) is 3.92. The van der Waals surface area contributed by atoms with Gasteiger partial charge in [-0.2, -0.15) is 0 Å². The van der Waals surface area contributed by atoms with E-state index >= 15 is 0 Å². The van der Waals surface area contributed by atoms with Crippen LogP contribution in [-0.2, 0) is 27.4 Å². The number of alkyl carbamates (subject to hydrolysis) is 1. The second kappa shape index (κ2) is 12.5. The number of nitrogens with two attached hydrogens (primary N) is 1. The van der Waals surface area contributed by atoms with Crippen molar-refractivity contribution in [3.05, 3.63) is 69.2 Å². The summed E-state index contributed by atoms with van der Waals surface area (Å²) in [5.74, 6) is -1.10. The smallest absolute Gasteiger partial charge is 0.408 e. The van der Waals surface area contributed by atoms with Gasteiger partial charge in [-0.1, -0.05) is 71.7 Å². The maximum absolute atomic E-state index is 12.9. The molecule has 0 saturated carbocycles. The van der Waals surface area contributed by atoms with E-state index in [-0.39, 0.29) is 18.9 Å². The van der Waals surface area contributed by atoms with Crippen LogP contribution < -0.4 is 16.4 Å². The molecule has 0 saturated heterocycles. The van der Waals surface area contributed by atoms with Crippen molar-refractivity contribution < 1.29 is 19.1 Å². The molecule has 0 aliphatic rings. The number of amides is 3. The molecule has 172 valence electrons. The highest BCUT2D eigenvalue weighted by atomic mass is 79.9. The zero-order valence-corrected chi connectivity index (χ0v) is 20.3. The Bertz CT molecular complexity index is 940. The summed E-state index contributed by atoms with van der Waals surface area (Å²) in [6.07, 6.45) is -0.212. The third kappa shape index (κ3) is 8.51. The number of carbonyl (C=O) groups excluding carboxylic acids is 3. The lowest BCUT2D eigenvalue weighted by Crippen LogP contribution is -2.54. The van der Waals surface area contributed by atoms with E-state index in [0.717, 1.165) is 15.6 Å². The molecule has 0 radical (unpaired) electrons. The van der Waals surface area contributed by atoms with Crippen molar-refractivity contribution in [2.24, 2.45) is 11.7 Å². The van der Waals surface area contributed by atoms with Crippen LogP contribution in [0.25, 0.3) is 0 Å². The number of nitrogens with one attached hydrogen (secondary N) is 2. The maximum atomic E-state index is 12.9. The van der Waals surface area contributed by atoms with Crippen molar-refractivity contribution in [2.45, 2.75) is 45.4 Å². The standard InChI is InChI=1S/C23H27BrClN3O4/c1-14(2)10-20(28-23(31)32-13-15-6-4-3-5-7-15)22(30)27-19(21(26)29)12-16-11-17(25)8-9-18(16)24/h3-9,11,14,19-20H,10,12-13H2,1-2H3,(H2,26,29)(H,27,30)(H,28,31)/t19-,20+/m1/s1. The van der Waals surface area contributed by atoms with Crippen LogP contribution >= 0.6 is 27.5 Å². The van der Waals surface area contributed by atoms with E-state index in [0.29, 0.717) is 11.4 Å². The zero-order valence-electron chi connectivity index (χ0n) is 17.9. The second-order valence-corrected chi connectivity index (χ2v) is 9.08. The molecule has 0 fully saturated rings. The number of benzene rings is 2. The van der Waals surface area contributed by atoms with Crippen molar-refractivity contribution >= 4 is 45.4 Å². The van der Waals surface area contributed by atoms with Gasteiger partial charge >= 0.3 is 6.09 Å². The number of primary amides is 1. The fourth-order valence-corrected chi connectivity index (χ4v) is 3.63. The average Bonchev–Trinajstić information content (AvgIpc) is 2.74. The van der Waals surface area contributed by atoms with Gasteiger partial charge in [0, 0.05) is 15.9 Å². The molecule has 32 heavy (non-hydrogen) atoms. The average molecular weight is 525 g/mol. The molecule has 3 amide bonds. The van der Waals surface area contributed by atoms with Gasteiger partial charge in [0.15, 0.2) is 0 Å². The van der Waals surface area contributed by atoms with Crippen LogP contribution in [0.1, 0.15) is 31.4 Å². The van der Waals surface area contributed by atoms with Gasteiger partial charge in [-0.3, -0.25) is 9.59 Å². The highest BCUT2D eigenvalue weighted by molar-refractivity contribution is 9.10. The number of hydrogen-bond acceptors (Lipinski definition) is 4. The Kier molecular flexibility index (Phi) is 9.99. The minimum Gasteiger partial charge on any atom is -0.445 e. The zero-order chi connectivity index (χ0) is 23.7. The third-order valence-electron chi connectivity index (χ3n) is 4.62. The van der Waals surface area contributed by atoms with Crippen molar-refractivity contribution in [1.82, 2.24) is 10.6 Å². The van der Waals surface area contributed by atoms with Crippen molar-refractivity contribution in [2.75, 3.05) is 0 Å². The summed E-state index contributed by atoms with van der Waals surface area (Å²) >= 11 is 9.45. The van der Waals surface area contributed by atoms with Gasteiger partial charge in [0.05, 0.1) is 0 Å². The number of rotatable bonds is 10. The Hall–Kier alpha value is -2.58. The molecule has 0 heterocycles. The molecule has 2 rings (SSSR count). The van der Waals surface area contributed by atoms with Crippen LogP contribution in [0.5, 0.6) is 0 Å². The van der Waals surface area contributed by atoms with Crippen molar-refractivity contribution in [1.29, 1.82) is 0 Å². The van der Waals surface area contributed by atoms with E-state index in [4.69, 9.17) is 22.1 Å². The molecule has 0 bridgehead atoms. The summed E-state index contributed by atoms with van der Waals surface area (Å²) < 4.78 is 5.96. The normalized spacial score (nSPS) is 12.7. The van der Waals surface area contributed by atoms with Gasteiger partial charge in [0.25, 0.3) is 0 Å². The largest absolute Gasteiger partial charge is 0.445 e. The van der Waals surface area contributed by atoms with Crippen LogP contribution in [0.15, 0.2) is 53.0 Å². The summed E-state index contributed by atoms with van der Waals surface area (Å²) in [5.41, 5.74) is 7.07. The second-order valence-electron chi connectivity index (χ2n) is 7.79. The number of hydrogen-bond donors (Lipinski definition) is 3. The fourth-order valence-electron chi connectivity index (χ4n) is 3.02. The van der Waals surface area contributed by atoms with Crippen LogP contribution in [0.2, 0.25) is 5.02 Å². The van der Waals surface area contributed by atoms with Gasteiger partial charge in [0.1, 0.15) is 18.7 Å². The SMILES string of the molecule is CC(C)C[C@H](NC(=O)OCc1ccccc1)C(=O)N[C@H](Cc1cc(Cl)ccc1Br)C(N)=O. The quantitative estimate of drug-likeness (QED) is 0.437. The molecule has 9 heteroatoms. The van der Waals surface area contributed by atoms with Crippen LogP contribution in [0.4, 0.5) is 4.79 Å². The highest BCUT2D eigenvalue weighted by Gasteiger charge is 2.27. The summed E-state index contributed by atoms with van der Waals surface area (Å²) in [6, 6.07) is 12.5. The van der Waals surface area contributed by atoms with Crippen LogP contribution in [0.3, 0.4) is 0 Å². The lowest BCUT2D eigenvalue weighted by Gasteiger charge is -2.23. The molecule has 2 aromatic carbocycles. The molecule has 2 aromatic rings. The first-order valence-corrected chi connectivity index (χ1v) is 11.3. The minimum atomic E-state index is -0.978. The predicted octanol–water partition coefficient (Wildman–Crippen LogP) is 3.96. The van der Waals surface area contributed by atoms with E-state index in [2.05, 4.69) is 26.6 Å². The number of carbonyl (C=O) groups is 3. The van der Waals surface area contributed by atoms with Gasteiger partial charge in [0.2, 0.25) is 11.8 Å². The van der Waals surface area contributed by atoms with E-state index in [1.165, 1.54) is 0 Å². The van der Waals surface area contributed by atoms with Crippen LogP contribution in [-0.4, -0.2) is 30.0 Å². The van der Waals surface area contributed by atoms with Gasteiger partial charge in [-0.15, -0.1) is 0 Å². The third-order valence-corrected chi connectivity index (χ3v) is 5.63. The first-order chi connectivity index (χ1) is 15.2. The molecule has 2 atom stereocenters. The van der Waals surface area contributed by atoms with Gasteiger partial charge in [-0.25, -0.2) is 4.79 Å². The fraction of sp³-hybridized carbons (Fsp3) is 0.348. The summed E-state index contributed by atoms with van der Waals surface area (Å²) in [5, 5.41) is 5.74. The maximum Gasteiger partial charge on any atom is 0.408 e. The molecule has 0 aliphatic carbocycles. The Balaban J connectivity index is 2.04. The summed E-state index contributed by atoms with van der Waals surface area (Å²) in [4.78, 5) is 37.2. The van der Waals surface area contributed by atoms with Crippen molar-refractivity contribution in [3.63, 3.8) is 0 Å². The highest BCUT2D eigenvalue weighted by Crippen LogP contribution is 2.22. The monoisotopic (exact) mass is 523 g/mol. The molecular weight excluding hydrogens is 498 g/mol. The molecule has 0 aromatic heterocycles. The van der Waals surface area contributed by atoms with E-state index in [1.54, 1.807) is 18.2 Å². The molecule has 0 unspecified atom stereocenters. The molecule has 7 nitrogen and oxygen atoms in total. The number of ether oxygens (including phenoxy) is 1. The van der Waals surface area contributed by atoms with E-state index in [9.17, 15) is 14.4 Å². The Morgan fingerprint density at radius 2 is 1.75 bits per heavy atom. The Morgan fingerprint density at radius 1 is 1.06 bits per heavy atom. The first kappa shape index (κ1) is 25.7. The van der Waals surface area contributed by atoms with E-state index < -0.39 is 30.0 Å². The Labute approximate surface area is 201 Å². The lowest BCUT2D eigenvalue weighted by molar-refractivity contribution is -0.128. The topological polar surface area (TPSA) is 111 Å².